The molecule has 3 nitrogen and oxygen atoms in total. The summed E-state index contributed by atoms with van der Waals surface area (Å²) in [5, 5.41) is 0. The molecule has 1 aromatic carbocycles. The molecule has 0 amide bonds. The summed E-state index contributed by atoms with van der Waals surface area (Å²) in [5.74, 6) is -0.401. The Morgan fingerprint density at radius 2 is 1.81 bits per heavy atom. The van der Waals surface area contributed by atoms with Gasteiger partial charge in [0.25, 0.3) is 0 Å². The van der Waals surface area contributed by atoms with Gasteiger partial charge in [-0.3, -0.25) is 0 Å². The Kier molecular flexibility index (Phi) is 4.24. The summed E-state index contributed by atoms with van der Waals surface area (Å²) in [4.78, 5) is 15.5. The molecule has 0 radical (unpaired) electrons. The van der Waals surface area contributed by atoms with Gasteiger partial charge in [-0.05, 0) is 44.0 Å². The number of rotatable bonds is 2. The maximum absolute atomic E-state index is 11.2. The van der Waals surface area contributed by atoms with Crippen LogP contribution in [0.2, 0.25) is 0 Å². The smallest absolute Gasteiger partial charge is 0.352 e. The highest BCUT2D eigenvalue weighted by atomic mass is 79.9. The number of methoxy groups -OCH3 is 1. The number of carbonyl (C=O) groups excluding carboxylic acids is 1. The Labute approximate surface area is 104 Å². The van der Waals surface area contributed by atoms with Gasteiger partial charge in [0.2, 0.25) is 0 Å². The third-order valence-corrected chi connectivity index (χ3v) is 2.67. The molecule has 0 bridgehead atoms. The SMILES string of the molecule is COC(=O)C(C)=Nc1c(C)cc(Br)cc1C. The number of nitrogens with zero attached hydrogens (tertiary/aromatic N) is 1. The molecule has 0 aliphatic rings. The van der Waals surface area contributed by atoms with Crippen LogP contribution in [0.5, 0.6) is 0 Å². The first-order valence-corrected chi connectivity index (χ1v) is 5.65. The summed E-state index contributed by atoms with van der Waals surface area (Å²) in [7, 11) is 1.35. The Balaban J connectivity index is 3.20. The summed E-state index contributed by atoms with van der Waals surface area (Å²) in [6.07, 6.45) is 0. The van der Waals surface area contributed by atoms with Crippen LogP contribution in [0.4, 0.5) is 5.69 Å². The third kappa shape index (κ3) is 2.92. The molecule has 0 unspecified atom stereocenters. The summed E-state index contributed by atoms with van der Waals surface area (Å²) >= 11 is 3.42. The second kappa shape index (κ2) is 5.25. The van der Waals surface area contributed by atoms with Crippen LogP contribution in [0, 0.1) is 13.8 Å². The minimum Gasteiger partial charge on any atom is -0.465 e. The molecule has 1 aromatic rings. The molecule has 0 saturated carbocycles. The van der Waals surface area contributed by atoms with Crippen molar-refractivity contribution in [2.45, 2.75) is 20.8 Å². The lowest BCUT2D eigenvalue weighted by Crippen LogP contribution is -2.11. The molecule has 0 saturated heterocycles. The zero-order valence-corrected chi connectivity index (χ0v) is 11.4. The topological polar surface area (TPSA) is 38.7 Å². The average Bonchev–Trinajstić information content (AvgIpc) is 2.21. The Morgan fingerprint density at radius 1 is 1.31 bits per heavy atom. The lowest BCUT2D eigenvalue weighted by molar-refractivity contribution is -0.132. The van der Waals surface area contributed by atoms with Crippen molar-refractivity contribution in [1.82, 2.24) is 0 Å². The van der Waals surface area contributed by atoms with Crippen molar-refractivity contribution in [3.8, 4) is 0 Å². The van der Waals surface area contributed by atoms with Gasteiger partial charge < -0.3 is 4.74 Å². The van der Waals surface area contributed by atoms with Crippen molar-refractivity contribution in [3.63, 3.8) is 0 Å². The van der Waals surface area contributed by atoms with E-state index < -0.39 is 5.97 Å². The molecule has 0 N–H and O–H groups in total. The molecule has 0 aromatic heterocycles. The van der Waals surface area contributed by atoms with E-state index >= 15 is 0 Å². The monoisotopic (exact) mass is 283 g/mol. The van der Waals surface area contributed by atoms with E-state index in [9.17, 15) is 4.79 Å². The highest BCUT2D eigenvalue weighted by molar-refractivity contribution is 9.10. The van der Waals surface area contributed by atoms with E-state index in [4.69, 9.17) is 0 Å². The molecule has 16 heavy (non-hydrogen) atoms. The minimum atomic E-state index is -0.401. The molecule has 0 heterocycles. The third-order valence-electron chi connectivity index (χ3n) is 2.22. The fourth-order valence-corrected chi connectivity index (χ4v) is 2.13. The second-order valence-corrected chi connectivity index (χ2v) is 4.49. The predicted octanol–water partition coefficient (Wildman–Crippen LogP) is 3.33. The van der Waals surface area contributed by atoms with E-state index in [1.807, 2.05) is 26.0 Å². The van der Waals surface area contributed by atoms with Gasteiger partial charge in [-0.15, -0.1) is 0 Å². The summed E-state index contributed by atoms with van der Waals surface area (Å²) in [6.45, 7) is 5.56. The number of esters is 1. The zero-order chi connectivity index (χ0) is 12.3. The maximum atomic E-state index is 11.2. The molecule has 1 rings (SSSR count). The number of ether oxygens (including phenoxy) is 1. The van der Waals surface area contributed by atoms with Gasteiger partial charge in [0.1, 0.15) is 5.71 Å². The van der Waals surface area contributed by atoms with Crippen molar-refractivity contribution in [2.75, 3.05) is 7.11 Å². The molecule has 86 valence electrons. The number of hydrogen-bond donors (Lipinski definition) is 0. The first-order chi connectivity index (χ1) is 7.45. The molecule has 0 aliphatic carbocycles. The highest BCUT2D eigenvalue weighted by Gasteiger charge is 2.08. The van der Waals surface area contributed by atoms with E-state index in [0.717, 1.165) is 21.3 Å². The van der Waals surface area contributed by atoms with E-state index in [1.54, 1.807) is 6.92 Å². The molecule has 4 heteroatoms. The number of halogens is 1. The van der Waals surface area contributed by atoms with Crippen LogP contribution in [0.3, 0.4) is 0 Å². The summed E-state index contributed by atoms with van der Waals surface area (Å²) in [5.41, 5.74) is 3.23. The average molecular weight is 284 g/mol. The molecule has 0 atom stereocenters. The Morgan fingerprint density at radius 3 is 2.25 bits per heavy atom. The van der Waals surface area contributed by atoms with E-state index in [-0.39, 0.29) is 0 Å². The van der Waals surface area contributed by atoms with Crippen LogP contribution in [0.25, 0.3) is 0 Å². The van der Waals surface area contributed by atoms with Gasteiger partial charge in [0.15, 0.2) is 0 Å². The molecule has 0 spiro atoms. The first-order valence-electron chi connectivity index (χ1n) is 4.86. The van der Waals surface area contributed by atoms with Crippen LogP contribution in [0.15, 0.2) is 21.6 Å². The zero-order valence-electron chi connectivity index (χ0n) is 9.80. The second-order valence-electron chi connectivity index (χ2n) is 3.58. The molecular weight excluding hydrogens is 270 g/mol. The number of hydrogen-bond acceptors (Lipinski definition) is 3. The maximum Gasteiger partial charge on any atom is 0.352 e. The molecule has 0 fully saturated rings. The van der Waals surface area contributed by atoms with Crippen LogP contribution in [0.1, 0.15) is 18.1 Å². The number of carbonyl (C=O) groups is 1. The van der Waals surface area contributed by atoms with Crippen LogP contribution in [-0.4, -0.2) is 18.8 Å². The van der Waals surface area contributed by atoms with Crippen LogP contribution >= 0.6 is 15.9 Å². The number of benzene rings is 1. The Hall–Kier alpha value is -1.16. The molecular formula is C12H14BrNO2. The number of aryl methyl sites for hydroxylation is 2. The fourth-order valence-electron chi connectivity index (χ4n) is 1.44. The van der Waals surface area contributed by atoms with Crippen LogP contribution in [-0.2, 0) is 9.53 Å². The van der Waals surface area contributed by atoms with Gasteiger partial charge in [0.05, 0.1) is 12.8 Å². The van der Waals surface area contributed by atoms with Crippen LogP contribution < -0.4 is 0 Å². The van der Waals surface area contributed by atoms with Gasteiger partial charge in [-0.25, -0.2) is 9.79 Å². The highest BCUT2D eigenvalue weighted by Crippen LogP contribution is 2.27. The fraction of sp³-hybridized carbons (Fsp3) is 0.333. The van der Waals surface area contributed by atoms with Crippen molar-refractivity contribution in [3.05, 3.63) is 27.7 Å². The van der Waals surface area contributed by atoms with Crippen molar-refractivity contribution < 1.29 is 9.53 Å². The standard InChI is InChI=1S/C12H14BrNO2/c1-7-5-10(13)6-8(2)11(7)14-9(3)12(15)16-4/h5-6H,1-4H3. The minimum absolute atomic E-state index is 0.357. The predicted molar refractivity (Wildman–Crippen MR) is 68.4 cm³/mol. The summed E-state index contributed by atoms with van der Waals surface area (Å²) < 4.78 is 5.62. The number of aliphatic imine (C=N–C) groups is 1. The normalized spacial score (nSPS) is 11.4. The van der Waals surface area contributed by atoms with Crippen molar-refractivity contribution in [2.24, 2.45) is 4.99 Å². The van der Waals surface area contributed by atoms with Gasteiger partial charge in [-0.1, -0.05) is 15.9 Å². The van der Waals surface area contributed by atoms with Crippen molar-refractivity contribution in [1.29, 1.82) is 0 Å². The summed E-state index contributed by atoms with van der Waals surface area (Å²) in [6, 6.07) is 3.94. The van der Waals surface area contributed by atoms with E-state index in [0.29, 0.717) is 5.71 Å². The van der Waals surface area contributed by atoms with E-state index in [2.05, 4.69) is 25.7 Å². The largest absolute Gasteiger partial charge is 0.465 e. The van der Waals surface area contributed by atoms with Gasteiger partial charge in [0, 0.05) is 4.47 Å². The van der Waals surface area contributed by atoms with Gasteiger partial charge in [-0.2, -0.15) is 0 Å². The van der Waals surface area contributed by atoms with Gasteiger partial charge >= 0.3 is 5.97 Å². The van der Waals surface area contributed by atoms with Crippen molar-refractivity contribution >= 4 is 33.3 Å². The van der Waals surface area contributed by atoms with E-state index in [1.165, 1.54) is 7.11 Å². The first kappa shape index (κ1) is 12.9. The Bertz CT molecular complexity index is 429. The molecule has 0 aliphatic heterocycles. The quantitative estimate of drug-likeness (QED) is 0.617. The lowest BCUT2D eigenvalue weighted by atomic mass is 10.1. The lowest BCUT2D eigenvalue weighted by Gasteiger charge is -2.07.